The van der Waals surface area contributed by atoms with Crippen LogP contribution in [0.5, 0.6) is 0 Å². The maximum atomic E-state index is 12.3. The number of alkyl halides is 3. The van der Waals surface area contributed by atoms with Crippen LogP contribution in [0.4, 0.5) is 13.2 Å². The molecule has 0 spiro atoms. The third-order valence-electron chi connectivity index (χ3n) is 1.50. The van der Waals surface area contributed by atoms with Gasteiger partial charge in [-0.1, -0.05) is 0 Å². The predicted octanol–water partition coefficient (Wildman–Crippen LogP) is 1.60. The maximum absolute atomic E-state index is 12.3. The van der Waals surface area contributed by atoms with Crippen LogP contribution in [0, 0.1) is 7.05 Å². The second-order valence-corrected chi connectivity index (χ2v) is 2.59. The smallest absolute Gasteiger partial charge is 0.436 e. The molecule has 0 amide bonds. The average molecular weight is 220 g/mol. The Kier molecular flexibility index (Phi) is 3.01. The van der Waals surface area contributed by atoms with Crippen molar-refractivity contribution in [2.45, 2.75) is 13.1 Å². The zero-order valence-corrected chi connectivity index (χ0v) is 7.71. The Morgan fingerprint density at radius 2 is 2.27 bits per heavy atom. The van der Waals surface area contributed by atoms with E-state index >= 15 is 0 Å². The highest BCUT2D eigenvalue weighted by Gasteiger charge is 2.39. The molecule has 1 rings (SSSR count). The van der Waals surface area contributed by atoms with Gasteiger partial charge in [-0.05, 0) is 6.92 Å². The van der Waals surface area contributed by atoms with Gasteiger partial charge in [0.25, 0.3) is 0 Å². The summed E-state index contributed by atoms with van der Waals surface area (Å²) in [6, 6.07) is 0. The van der Waals surface area contributed by atoms with E-state index in [0.29, 0.717) is 4.68 Å². The van der Waals surface area contributed by atoms with Gasteiger partial charge in [0.15, 0.2) is 5.69 Å². The fourth-order valence-corrected chi connectivity index (χ4v) is 0.959. The summed E-state index contributed by atoms with van der Waals surface area (Å²) in [6.07, 6.45) is -3.96. The quantitative estimate of drug-likeness (QED) is 0.711. The lowest BCUT2D eigenvalue weighted by Crippen LogP contribution is -2.14. The van der Waals surface area contributed by atoms with Crippen LogP contribution < -0.4 is 0 Å². The molecule has 1 heterocycles. The monoisotopic (exact) mass is 220 g/mol. The Morgan fingerprint density at radius 3 is 2.73 bits per heavy atom. The fraction of sp³-hybridized carbons (Fsp3) is 0.375. The third kappa shape index (κ3) is 2.48. The minimum atomic E-state index is -4.73. The molecular weight excluding hydrogens is 213 g/mol. The van der Waals surface area contributed by atoms with Crippen molar-refractivity contribution < 1.29 is 22.7 Å². The molecule has 82 valence electrons. The van der Waals surface area contributed by atoms with Crippen molar-refractivity contribution in [2.24, 2.45) is 0 Å². The van der Waals surface area contributed by atoms with Crippen LogP contribution in [-0.4, -0.2) is 22.4 Å². The highest BCUT2D eigenvalue weighted by atomic mass is 19.4. The van der Waals surface area contributed by atoms with E-state index in [1.807, 2.05) is 0 Å². The van der Waals surface area contributed by atoms with Crippen molar-refractivity contribution in [1.82, 2.24) is 9.78 Å². The van der Waals surface area contributed by atoms with E-state index in [1.54, 1.807) is 0 Å². The standard InChI is InChI=1S/C8H7F3N2O2/c1-3-15-7(14)5-4-13(2)12-6(5)8(9,10)11/h2,4H,3H2,1H3. The molecule has 0 bridgehead atoms. The zero-order chi connectivity index (χ0) is 11.6. The summed E-state index contributed by atoms with van der Waals surface area (Å²) in [5.74, 6) is -1.10. The number of hydrogen-bond donors (Lipinski definition) is 0. The number of ether oxygens (including phenoxy) is 1. The lowest BCUT2D eigenvalue weighted by atomic mass is 10.2. The first kappa shape index (κ1) is 11.5. The molecule has 1 aromatic heterocycles. The van der Waals surface area contributed by atoms with Gasteiger partial charge in [0.2, 0.25) is 0 Å². The fourth-order valence-electron chi connectivity index (χ4n) is 0.959. The van der Waals surface area contributed by atoms with Gasteiger partial charge in [-0.2, -0.15) is 18.3 Å². The normalized spacial score (nSPS) is 11.5. The number of esters is 1. The number of halogens is 3. The summed E-state index contributed by atoms with van der Waals surface area (Å²) in [6.45, 7) is 1.46. The Labute approximate surface area is 83.6 Å². The predicted molar refractivity (Wildman–Crippen MR) is 42.9 cm³/mol. The minimum Gasteiger partial charge on any atom is -0.462 e. The first-order chi connectivity index (χ1) is 6.86. The topological polar surface area (TPSA) is 44.1 Å². The number of aromatic nitrogens is 2. The van der Waals surface area contributed by atoms with E-state index < -0.39 is 23.4 Å². The van der Waals surface area contributed by atoms with E-state index in [0.717, 1.165) is 6.20 Å². The third-order valence-corrected chi connectivity index (χ3v) is 1.50. The molecule has 0 aliphatic heterocycles. The molecule has 0 atom stereocenters. The van der Waals surface area contributed by atoms with E-state index in [-0.39, 0.29) is 6.61 Å². The van der Waals surface area contributed by atoms with Gasteiger partial charge >= 0.3 is 12.1 Å². The Bertz CT molecular complexity index is 370. The zero-order valence-electron chi connectivity index (χ0n) is 7.71. The van der Waals surface area contributed by atoms with E-state index in [1.165, 1.54) is 6.92 Å². The molecule has 0 aromatic carbocycles. The highest BCUT2D eigenvalue weighted by Crippen LogP contribution is 2.30. The molecular formula is C8H7F3N2O2. The molecule has 7 heteroatoms. The summed E-state index contributed by atoms with van der Waals surface area (Å²) in [7, 11) is 5.01. The summed E-state index contributed by atoms with van der Waals surface area (Å²) in [4.78, 5) is 11.1. The van der Waals surface area contributed by atoms with E-state index in [2.05, 4.69) is 9.84 Å². The van der Waals surface area contributed by atoms with Gasteiger partial charge < -0.3 is 4.74 Å². The second kappa shape index (κ2) is 3.92. The van der Waals surface area contributed by atoms with Crippen LogP contribution in [0.1, 0.15) is 23.0 Å². The molecule has 4 nitrogen and oxygen atoms in total. The molecule has 0 fully saturated rings. The molecule has 2 radical (unpaired) electrons. The van der Waals surface area contributed by atoms with Gasteiger partial charge in [-0.15, -0.1) is 0 Å². The van der Waals surface area contributed by atoms with Crippen molar-refractivity contribution in [3.8, 4) is 0 Å². The first-order valence-corrected chi connectivity index (χ1v) is 3.95. The van der Waals surface area contributed by atoms with Gasteiger partial charge in [-0.25, -0.2) is 4.79 Å². The molecule has 1 aromatic rings. The molecule has 0 unspecified atom stereocenters. The second-order valence-electron chi connectivity index (χ2n) is 2.59. The Balaban J connectivity index is 3.12. The summed E-state index contributed by atoms with van der Waals surface area (Å²) >= 11 is 0. The van der Waals surface area contributed by atoms with Crippen LogP contribution in [0.25, 0.3) is 0 Å². The van der Waals surface area contributed by atoms with Crippen LogP contribution in [0.15, 0.2) is 6.20 Å². The Hall–Kier alpha value is -1.53. The van der Waals surface area contributed by atoms with Crippen molar-refractivity contribution in [3.05, 3.63) is 24.5 Å². The first-order valence-electron chi connectivity index (χ1n) is 3.95. The summed E-state index contributed by atoms with van der Waals surface area (Å²) in [5, 5.41) is 2.95. The van der Waals surface area contributed by atoms with Crippen LogP contribution >= 0.6 is 0 Å². The molecule has 15 heavy (non-hydrogen) atoms. The summed E-state index contributed by atoms with van der Waals surface area (Å²) < 4.78 is 41.8. The van der Waals surface area contributed by atoms with E-state index in [4.69, 9.17) is 7.05 Å². The van der Waals surface area contributed by atoms with Crippen LogP contribution in [0.3, 0.4) is 0 Å². The number of hydrogen-bond acceptors (Lipinski definition) is 3. The maximum Gasteiger partial charge on any atom is 0.436 e. The molecule has 0 aliphatic rings. The number of carbonyl (C=O) groups is 1. The molecule has 0 aliphatic carbocycles. The van der Waals surface area contributed by atoms with Gasteiger partial charge in [0.05, 0.1) is 6.61 Å². The van der Waals surface area contributed by atoms with Gasteiger partial charge in [0, 0.05) is 6.20 Å². The number of nitrogens with zero attached hydrogens (tertiary/aromatic N) is 2. The highest BCUT2D eigenvalue weighted by molar-refractivity contribution is 5.90. The van der Waals surface area contributed by atoms with E-state index in [9.17, 15) is 18.0 Å². The Morgan fingerprint density at radius 1 is 1.67 bits per heavy atom. The van der Waals surface area contributed by atoms with Crippen molar-refractivity contribution in [2.75, 3.05) is 6.61 Å². The van der Waals surface area contributed by atoms with Gasteiger partial charge in [-0.3, -0.25) is 4.68 Å². The van der Waals surface area contributed by atoms with Crippen molar-refractivity contribution in [1.29, 1.82) is 0 Å². The SMILES string of the molecule is [CH]n1cc(C(=O)OCC)c(C(F)(F)F)n1. The molecule has 0 N–H and O–H groups in total. The summed E-state index contributed by atoms with van der Waals surface area (Å²) in [5.41, 5.74) is -2.03. The van der Waals surface area contributed by atoms with Crippen LogP contribution in [-0.2, 0) is 10.9 Å². The van der Waals surface area contributed by atoms with Crippen LogP contribution in [0.2, 0.25) is 0 Å². The largest absolute Gasteiger partial charge is 0.462 e. The van der Waals surface area contributed by atoms with Crippen molar-refractivity contribution >= 4 is 5.97 Å². The number of carbonyl (C=O) groups excluding carboxylic acids is 1. The number of rotatable bonds is 2. The lowest BCUT2D eigenvalue weighted by Gasteiger charge is -2.04. The minimum absolute atomic E-state index is 0.0219. The molecule has 0 saturated carbocycles. The molecule has 0 saturated heterocycles. The average Bonchev–Trinajstić information content (AvgIpc) is 2.47. The van der Waals surface area contributed by atoms with Gasteiger partial charge in [0.1, 0.15) is 12.6 Å². The van der Waals surface area contributed by atoms with Crippen molar-refractivity contribution in [3.63, 3.8) is 0 Å². The lowest BCUT2D eigenvalue weighted by molar-refractivity contribution is -0.141.